The summed E-state index contributed by atoms with van der Waals surface area (Å²) < 4.78 is 27.3. The molecule has 0 radical (unpaired) electrons. The lowest BCUT2D eigenvalue weighted by Crippen LogP contribution is -2.38. The third-order valence-electron chi connectivity index (χ3n) is 5.06. The number of hydrogen-bond acceptors (Lipinski definition) is 4. The van der Waals surface area contributed by atoms with Gasteiger partial charge in [-0.25, -0.2) is 8.42 Å². The molecule has 1 aliphatic carbocycles. The van der Waals surface area contributed by atoms with Crippen molar-refractivity contribution in [1.82, 2.24) is 4.31 Å². The Morgan fingerprint density at radius 1 is 1.00 bits per heavy atom. The molecule has 1 aliphatic heterocycles. The summed E-state index contributed by atoms with van der Waals surface area (Å²) in [6.07, 6.45) is 4.95. The highest BCUT2D eigenvalue weighted by Gasteiger charge is 2.31. The van der Waals surface area contributed by atoms with Crippen molar-refractivity contribution in [1.29, 1.82) is 0 Å². The van der Waals surface area contributed by atoms with Crippen LogP contribution in [-0.4, -0.2) is 37.6 Å². The number of anilines is 2. The predicted octanol–water partition coefficient (Wildman–Crippen LogP) is 2.17. The molecule has 2 aliphatic rings. The number of hydrogen-bond donors (Lipinski definition) is 2. The molecule has 1 heterocycles. The molecule has 136 valence electrons. The van der Waals surface area contributed by atoms with Crippen LogP contribution in [-0.2, 0) is 19.6 Å². The van der Waals surface area contributed by atoms with Crippen LogP contribution in [0.4, 0.5) is 11.4 Å². The second kappa shape index (κ2) is 6.76. The van der Waals surface area contributed by atoms with Crippen LogP contribution in [0.1, 0.15) is 39.0 Å². The number of amides is 2. The maximum Gasteiger partial charge on any atom is 0.243 e. The highest BCUT2D eigenvalue weighted by Crippen LogP contribution is 2.32. The van der Waals surface area contributed by atoms with Gasteiger partial charge in [0.25, 0.3) is 0 Å². The Hall–Kier alpha value is -1.93. The molecule has 1 atom stereocenters. The molecule has 0 bridgehead atoms. The van der Waals surface area contributed by atoms with Gasteiger partial charge in [0.1, 0.15) is 5.92 Å². The lowest BCUT2D eigenvalue weighted by Gasteiger charge is -2.30. The average molecular weight is 365 g/mol. The van der Waals surface area contributed by atoms with E-state index in [4.69, 9.17) is 0 Å². The van der Waals surface area contributed by atoms with Crippen LogP contribution in [0.25, 0.3) is 0 Å². The maximum absolute atomic E-state index is 12.9. The van der Waals surface area contributed by atoms with Gasteiger partial charge in [-0.1, -0.05) is 19.3 Å². The molecule has 25 heavy (non-hydrogen) atoms. The summed E-state index contributed by atoms with van der Waals surface area (Å²) in [5, 5.41) is 5.27. The van der Waals surface area contributed by atoms with Crippen molar-refractivity contribution < 1.29 is 18.0 Å². The van der Waals surface area contributed by atoms with Gasteiger partial charge in [0, 0.05) is 13.1 Å². The Bertz CT molecular complexity index is 800. The number of sulfonamides is 1. The van der Waals surface area contributed by atoms with E-state index >= 15 is 0 Å². The number of fused-ring (bicyclic) bond motifs is 1. The molecule has 2 N–H and O–H groups in total. The van der Waals surface area contributed by atoms with Crippen LogP contribution < -0.4 is 10.6 Å². The summed E-state index contributed by atoms with van der Waals surface area (Å²) in [7, 11) is -2.05. The Morgan fingerprint density at radius 2 is 1.60 bits per heavy atom. The molecule has 3 rings (SSSR count). The third kappa shape index (κ3) is 3.41. The zero-order chi connectivity index (χ0) is 18.2. The van der Waals surface area contributed by atoms with Gasteiger partial charge in [-0.3, -0.25) is 9.59 Å². The summed E-state index contributed by atoms with van der Waals surface area (Å²) in [6, 6.07) is 4.41. The monoisotopic (exact) mass is 365 g/mol. The Kier molecular flexibility index (Phi) is 4.83. The molecule has 8 heteroatoms. The van der Waals surface area contributed by atoms with Crippen molar-refractivity contribution >= 4 is 33.2 Å². The fourth-order valence-corrected chi connectivity index (χ4v) is 4.75. The van der Waals surface area contributed by atoms with Crippen LogP contribution in [0, 0.1) is 5.92 Å². The Morgan fingerprint density at radius 3 is 2.24 bits per heavy atom. The molecule has 1 fully saturated rings. The van der Waals surface area contributed by atoms with E-state index in [0.29, 0.717) is 11.4 Å². The first kappa shape index (κ1) is 17.9. The zero-order valence-electron chi connectivity index (χ0n) is 14.4. The molecule has 1 aromatic carbocycles. The fourth-order valence-electron chi connectivity index (χ4n) is 3.30. The minimum absolute atomic E-state index is 0.00637. The summed E-state index contributed by atoms with van der Waals surface area (Å²) in [4.78, 5) is 24.0. The molecule has 1 saturated carbocycles. The van der Waals surface area contributed by atoms with Crippen LogP contribution in [0.2, 0.25) is 0 Å². The fraction of sp³-hybridized carbons (Fsp3) is 0.529. The van der Waals surface area contributed by atoms with E-state index in [-0.39, 0.29) is 10.9 Å². The van der Waals surface area contributed by atoms with Crippen molar-refractivity contribution in [2.24, 2.45) is 5.92 Å². The molecular formula is C17H23N3O4S. The van der Waals surface area contributed by atoms with Gasteiger partial charge in [0.05, 0.1) is 16.3 Å². The molecule has 1 unspecified atom stereocenters. The van der Waals surface area contributed by atoms with Gasteiger partial charge < -0.3 is 10.6 Å². The van der Waals surface area contributed by atoms with Crippen molar-refractivity contribution in [3.05, 3.63) is 18.2 Å². The Balaban J connectivity index is 1.92. The lowest BCUT2D eigenvalue weighted by molar-refractivity contribution is -0.128. The van der Waals surface area contributed by atoms with Crippen molar-refractivity contribution in [3.63, 3.8) is 0 Å². The molecule has 0 saturated heterocycles. The molecule has 1 aromatic rings. The largest absolute Gasteiger partial charge is 0.324 e. The van der Waals surface area contributed by atoms with E-state index in [1.807, 2.05) is 0 Å². The van der Waals surface area contributed by atoms with Crippen LogP contribution in [0.5, 0.6) is 0 Å². The van der Waals surface area contributed by atoms with E-state index in [1.54, 1.807) is 7.05 Å². The number of rotatable bonds is 3. The minimum atomic E-state index is -3.66. The van der Waals surface area contributed by atoms with Crippen molar-refractivity contribution in [2.45, 2.75) is 50.0 Å². The second-order valence-corrected chi connectivity index (χ2v) is 8.72. The summed E-state index contributed by atoms with van der Waals surface area (Å²) in [5.41, 5.74) is 0.711. The second-order valence-electron chi connectivity index (χ2n) is 6.72. The van der Waals surface area contributed by atoms with Crippen LogP contribution in [0.15, 0.2) is 23.1 Å². The maximum atomic E-state index is 12.9. The van der Waals surface area contributed by atoms with E-state index in [1.165, 1.54) is 29.4 Å². The molecular weight excluding hydrogens is 342 g/mol. The van der Waals surface area contributed by atoms with Crippen molar-refractivity contribution in [2.75, 3.05) is 17.7 Å². The first-order valence-electron chi connectivity index (χ1n) is 8.54. The van der Waals surface area contributed by atoms with Gasteiger partial charge >= 0.3 is 0 Å². The standard InChI is InChI=1S/C17H23N3O4S/c1-11-16(21)18-14-9-8-13(10-15(14)19-17(11)22)25(23,24)20(2)12-6-4-3-5-7-12/h8-12H,3-7H2,1-2H3,(H,18,21)(H,19,22). The number of benzene rings is 1. The smallest absolute Gasteiger partial charge is 0.243 e. The molecule has 0 spiro atoms. The normalized spacial score (nSPS) is 22.1. The topological polar surface area (TPSA) is 95.6 Å². The third-order valence-corrected chi connectivity index (χ3v) is 6.97. The quantitative estimate of drug-likeness (QED) is 0.803. The first-order chi connectivity index (χ1) is 11.8. The zero-order valence-corrected chi connectivity index (χ0v) is 15.2. The molecule has 2 amide bonds. The van der Waals surface area contributed by atoms with Gasteiger partial charge in [0.15, 0.2) is 0 Å². The van der Waals surface area contributed by atoms with Crippen LogP contribution in [0.3, 0.4) is 0 Å². The molecule has 7 nitrogen and oxygen atoms in total. The highest BCUT2D eigenvalue weighted by molar-refractivity contribution is 7.89. The van der Waals surface area contributed by atoms with Gasteiger partial charge in [-0.15, -0.1) is 0 Å². The highest BCUT2D eigenvalue weighted by atomic mass is 32.2. The minimum Gasteiger partial charge on any atom is -0.324 e. The lowest BCUT2D eigenvalue weighted by atomic mass is 9.96. The van der Waals surface area contributed by atoms with Gasteiger partial charge in [0.2, 0.25) is 21.8 Å². The van der Waals surface area contributed by atoms with E-state index in [2.05, 4.69) is 10.6 Å². The van der Waals surface area contributed by atoms with Crippen LogP contribution >= 0.6 is 0 Å². The first-order valence-corrected chi connectivity index (χ1v) is 9.98. The SMILES string of the molecule is CC1C(=O)Nc2ccc(S(=O)(=O)N(C)C3CCCCC3)cc2NC1=O. The summed E-state index contributed by atoms with van der Waals surface area (Å²) in [5.74, 6) is -1.70. The number of carbonyl (C=O) groups excluding carboxylic acids is 2. The average Bonchev–Trinajstić information content (AvgIpc) is 2.71. The van der Waals surface area contributed by atoms with E-state index in [9.17, 15) is 18.0 Å². The number of nitrogens with one attached hydrogen (secondary N) is 2. The van der Waals surface area contributed by atoms with Gasteiger partial charge in [-0.2, -0.15) is 4.31 Å². The summed E-state index contributed by atoms with van der Waals surface area (Å²) >= 11 is 0. The number of carbonyl (C=O) groups is 2. The van der Waals surface area contributed by atoms with Crippen molar-refractivity contribution in [3.8, 4) is 0 Å². The van der Waals surface area contributed by atoms with E-state index < -0.39 is 27.8 Å². The van der Waals surface area contributed by atoms with E-state index in [0.717, 1.165) is 32.1 Å². The summed E-state index contributed by atoms with van der Waals surface area (Å²) in [6.45, 7) is 1.51. The number of nitrogens with zero attached hydrogens (tertiary/aromatic N) is 1. The van der Waals surface area contributed by atoms with Gasteiger partial charge in [-0.05, 0) is 38.0 Å². The Labute approximate surface area is 147 Å². The predicted molar refractivity (Wildman–Crippen MR) is 94.7 cm³/mol. The molecule has 0 aromatic heterocycles.